The molecule has 0 aliphatic carbocycles. The molecule has 8 heteroatoms. The zero-order valence-corrected chi connectivity index (χ0v) is 8.95. The summed E-state index contributed by atoms with van der Waals surface area (Å²) in [4.78, 5) is 0. The van der Waals surface area contributed by atoms with Crippen molar-refractivity contribution in [2.75, 3.05) is 12.0 Å². The maximum Gasteiger partial charge on any atom is 0.210 e. The standard InChI is InChI=1S/C6H8N6S2/c1-14-5-3(2-7)4(8)12(11-5)6(13)10-9/h8-9H2,1H3,(H,10,13). The second-order valence-electron chi connectivity index (χ2n) is 2.24. The minimum Gasteiger partial charge on any atom is -0.382 e. The average molecular weight is 228 g/mol. The van der Waals surface area contributed by atoms with E-state index in [0.29, 0.717) is 10.6 Å². The molecule has 0 saturated carbocycles. The molecule has 0 fully saturated rings. The van der Waals surface area contributed by atoms with Gasteiger partial charge in [-0.25, -0.2) is 5.84 Å². The molecule has 0 aliphatic rings. The summed E-state index contributed by atoms with van der Waals surface area (Å²) in [5.41, 5.74) is 8.21. The van der Waals surface area contributed by atoms with Gasteiger partial charge in [0.15, 0.2) is 0 Å². The zero-order valence-electron chi connectivity index (χ0n) is 7.31. The summed E-state index contributed by atoms with van der Waals surface area (Å²) >= 11 is 6.16. The van der Waals surface area contributed by atoms with Crippen molar-refractivity contribution in [1.82, 2.24) is 15.2 Å². The molecule has 0 unspecified atom stereocenters. The number of hydrogen-bond acceptors (Lipinski definition) is 6. The van der Waals surface area contributed by atoms with E-state index in [4.69, 9.17) is 29.1 Å². The Hall–Kier alpha value is -1.30. The van der Waals surface area contributed by atoms with Crippen LogP contribution in [0.15, 0.2) is 5.03 Å². The van der Waals surface area contributed by atoms with E-state index in [1.807, 2.05) is 6.07 Å². The summed E-state index contributed by atoms with van der Waals surface area (Å²) in [6, 6.07) is 1.96. The number of nitrogen functional groups attached to an aromatic ring is 1. The van der Waals surface area contributed by atoms with Crippen LogP contribution in [0.1, 0.15) is 5.56 Å². The molecule has 14 heavy (non-hydrogen) atoms. The van der Waals surface area contributed by atoms with Crippen molar-refractivity contribution in [3.8, 4) is 6.07 Å². The maximum absolute atomic E-state index is 8.81. The minimum absolute atomic E-state index is 0.152. The van der Waals surface area contributed by atoms with Crippen molar-refractivity contribution < 1.29 is 0 Å². The molecule has 74 valence electrons. The quantitative estimate of drug-likeness (QED) is 0.261. The molecule has 1 rings (SSSR count). The van der Waals surface area contributed by atoms with Crippen molar-refractivity contribution in [2.45, 2.75) is 5.03 Å². The van der Waals surface area contributed by atoms with Crippen molar-refractivity contribution >= 4 is 34.9 Å². The number of nitrogens with zero attached hydrogens (tertiary/aromatic N) is 3. The van der Waals surface area contributed by atoms with E-state index in [9.17, 15) is 0 Å². The van der Waals surface area contributed by atoms with Crippen LogP contribution in [0.5, 0.6) is 0 Å². The summed E-state index contributed by atoms with van der Waals surface area (Å²) in [6.07, 6.45) is 1.80. The Labute approximate surface area is 90.2 Å². The van der Waals surface area contributed by atoms with Gasteiger partial charge in [0.2, 0.25) is 5.11 Å². The Kier molecular flexibility index (Phi) is 3.29. The minimum atomic E-state index is 0.152. The van der Waals surface area contributed by atoms with E-state index in [-0.39, 0.29) is 10.9 Å². The van der Waals surface area contributed by atoms with E-state index in [1.165, 1.54) is 16.4 Å². The summed E-state index contributed by atoms with van der Waals surface area (Å²) < 4.78 is 1.22. The van der Waals surface area contributed by atoms with Gasteiger partial charge in [-0.1, -0.05) is 0 Å². The Bertz CT molecular complexity index is 403. The molecule has 0 saturated heterocycles. The zero-order chi connectivity index (χ0) is 10.7. The van der Waals surface area contributed by atoms with E-state index < -0.39 is 0 Å². The van der Waals surface area contributed by atoms with Crippen LogP contribution in [0.4, 0.5) is 5.82 Å². The van der Waals surface area contributed by atoms with Crippen LogP contribution in [0.25, 0.3) is 0 Å². The number of nitriles is 1. The van der Waals surface area contributed by atoms with Crippen LogP contribution in [0.2, 0.25) is 0 Å². The van der Waals surface area contributed by atoms with Crippen LogP contribution in [0, 0.1) is 11.3 Å². The number of anilines is 1. The first-order chi connectivity index (χ1) is 6.65. The lowest BCUT2D eigenvalue weighted by molar-refractivity contribution is 0.848. The van der Waals surface area contributed by atoms with E-state index in [2.05, 4.69) is 10.5 Å². The fourth-order valence-corrected chi connectivity index (χ4v) is 1.53. The van der Waals surface area contributed by atoms with Crippen molar-refractivity contribution in [3.63, 3.8) is 0 Å². The van der Waals surface area contributed by atoms with E-state index in [0.717, 1.165) is 0 Å². The third-order valence-corrected chi connectivity index (χ3v) is 2.47. The predicted octanol–water partition coefficient (Wildman–Crippen LogP) is -0.345. The molecular formula is C6H8N6S2. The lowest BCUT2D eigenvalue weighted by Crippen LogP contribution is -2.35. The molecule has 0 amide bonds. The van der Waals surface area contributed by atoms with Crippen LogP contribution in [-0.4, -0.2) is 21.1 Å². The molecule has 0 spiro atoms. The van der Waals surface area contributed by atoms with E-state index in [1.54, 1.807) is 6.26 Å². The third kappa shape index (κ3) is 1.65. The van der Waals surface area contributed by atoms with Gasteiger partial charge in [0.25, 0.3) is 0 Å². The van der Waals surface area contributed by atoms with Crippen molar-refractivity contribution in [1.29, 1.82) is 5.26 Å². The van der Waals surface area contributed by atoms with Crippen LogP contribution in [0.3, 0.4) is 0 Å². The average Bonchev–Trinajstić information content (AvgIpc) is 2.53. The second kappa shape index (κ2) is 4.28. The first-order valence-corrected chi connectivity index (χ1v) is 5.12. The smallest absolute Gasteiger partial charge is 0.210 e. The molecule has 0 radical (unpaired) electrons. The van der Waals surface area contributed by atoms with E-state index >= 15 is 0 Å². The molecule has 1 aromatic heterocycles. The number of thiocarbonyl (C=S) groups is 1. The van der Waals surface area contributed by atoms with Gasteiger partial charge in [-0.15, -0.1) is 11.8 Å². The lowest BCUT2D eigenvalue weighted by Gasteiger charge is -2.02. The van der Waals surface area contributed by atoms with Gasteiger partial charge in [-0.05, 0) is 18.5 Å². The molecule has 0 aromatic carbocycles. The number of nitrogens with one attached hydrogen (secondary N) is 1. The number of nitrogens with two attached hydrogens (primary N) is 2. The highest BCUT2D eigenvalue weighted by atomic mass is 32.2. The second-order valence-corrected chi connectivity index (χ2v) is 3.42. The van der Waals surface area contributed by atoms with Crippen molar-refractivity contribution in [2.24, 2.45) is 5.84 Å². The fraction of sp³-hybridized carbons (Fsp3) is 0.167. The van der Waals surface area contributed by atoms with Crippen LogP contribution >= 0.6 is 24.0 Å². The molecular weight excluding hydrogens is 220 g/mol. The largest absolute Gasteiger partial charge is 0.382 e. The summed E-state index contributed by atoms with van der Waals surface area (Å²) in [6.45, 7) is 0. The number of aromatic nitrogens is 2. The monoisotopic (exact) mass is 228 g/mol. The molecule has 6 nitrogen and oxygen atoms in total. The molecule has 0 bridgehead atoms. The van der Waals surface area contributed by atoms with Gasteiger partial charge in [0.05, 0.1) is 0 Å². The van der Waals surface area contributed by atoms with Gasteiger partial charge >= 0.3 is 0 Å². The molecule has 5 N–H and O–H groups in total. The highest BCUT2D eigenvalue weighted by Crippen LogP contribution is 2.23. The number of rotatable bonds is 1. The Balaban J connectivity index is 3.29. The van der Waals surface area contributed by atoms with Gasteiger partial charge in [0, 0.05) is 0 Å². The van der Waals surface area contributed by atoms with Crippen LogP contribution in [-0.2, 0) is 0 Å². The summed E-state index contributed by atoms with van der Waals surface area (Å²) in [7, 11) is 0. The Morgan fingerprint density at radius 2 is 2.43 bits per heavy atom. The first-order valence-electron chi connectivity index (χ1n) is 3.49. The van der Waals surface area contributed by atoms with Crippen molar-refractivity contribution in [3.05, 3.63) is 5.56 Å². The number of thioether (sulfide) groups is 1. The Morgan fingerprint density at radius 3 is 2.79 bits per heavy atom. The number of hydrogen-bond donors (Lipinski definition) is 3. The molecule has 0 aliphatic heterocycles. The van der Waals surface area contributed by atoms with Gasteiger partial charge < -0.3 is 5.73 Å². The first kappa shape index (κ1) is 10.8. The topological polar surface area (TPSA) is 106 Å². The molecule has 1 aromatic rings. The predicted molar refractivity (Wildman–Crippen MR) is 58.5 cm³/mol. The molecule has 1 heterocycles. The normalized spacial score (nSPS) is 9.50. The highest BCUT2D eigenvalue weighted by molar-refractivity contribution is 7.98. The highest BCUT2D eigenvalue weighted by Gasteiger charge is 2.16. The molecule has 0 atom stereocenters. The third-order valence-electron chi connectivity index (χ3n) is 1.51. The lowest BCUT2D eigenvalue weighted by atomic mass is 10.4. The number of hydrazine groups is 1. The van der Waals surface area contributed by atoms with Gasteiger partial charge in [0.1, 0.15) is 22.5 Å². The maximum atomic E-state index is 8.81. The van der Waals surface area contributed by atoms with Crippen LogP contribution < -0.4 is 17.0 Å². The fourth-order valence-electron chi connectivity index (χ4n) is 0.874. The van der Waals surface area contributed by atoms with Gasteiger partial charge in [-0.3, -0.25) is 5.43 Å². The SMILES string of the molecule is CSc1nn(C(=S)NN)c(N)c1C#N. The Morgan fingerprint density at radius 1 is 1.79 bits per heavy atom. The summed E-state index contributed by atoms with van der Waals surface area (Å²) in [5, 5.41) is 13.5. The summed E-state index contributed by atoms with van der Waals surface area (Å²) in [5.74, 6) is 5.31. The van der Waals surface area contributed by atoms with Gasteiger partial charge in [-0.2, -0.15) is 15.0 Å².